The summed E-state index contributed by atoms with van der Waals surface area (Å²) in [6.45, 7) is 2.62. The first kappa shape index (κ1) is 16.8. The van der Waals surface area contributed by atoms with Crippen LogP contribution >= 0.6 is 0 Å². The summed E-state index contributed by atoms with van der Waals surface area (Å²) in [6, 6.07) is -0.253. The van der Waals surface area contributed by atoms with E-state index in [1.54, 1.807) is 19.3 Å². The van der Waals surface area contributed by atoms with Crippen LogP contribution in [0.25, 0.3) is 0 Å². The summed E-state index contributed by atoms with van der Waals surface area (Å²) in [5.74, 6) is -0.359. The second kappa shape index (κ2) is 6.24. The summed E-state index contributed by atoms with van der Waals surface area (Å²) in [5.41, 5.74) is 0.820. The number of aliphatic imine (C=N–C) groups is 1. The van der Waals surface area contributed by atoms with Gasteiger partial charge in [0.1, 0.15) is 17.4 Å². The van der Waals surface area contributed by atoms with E-state index in [0.717, 1.165) is 17.2 Å². The number of carbonyl (C=O) groups excluding carboxylic acids is 1. The molecule has 1 saturated heterocycles. The van der Waals surface area contributed by atoms with Crippen LogP contribution in [0.2, 0.25) is 0 Å². The lowest BCUT2D eigenvalue weighted by molar-refractivity contribution is -0.161. The van der Waals surface area contributed by atoms with Crippen LogP contribution in [0.15, 0.2) is 28.7 Å². The molecule has 4 N–H and O–H groups in total. The molecule has 1 amide bonds. The van der Waals surface area contributed by atoms with Crippen molar-refractivity contribution in [3.8, 4) is 0 Å². The number of aliphatic hydroxyl groups is 1. The zero-order valence-electron chi connectivity index (χ0n) is 14.3. The van der Waals surface area contributed by atoms with Crippen LogP contribution in [0.1, 0.15) is 19.2 Å². The topological polar surface area (TPSA) is 131 Å². The van der Waals surface area contributed by atoms with Crippen molar-refractivity contribution in [2.24, 2.45) is 16.8 Å². The molecule has 9 nitrogen and oxygen atoms in total. The van der Waals surface area contributed by atoms with Gasteiger partial charge in [0, 0.05) is 31.4 Å². The maximum Gasteiger partial charge on any atom is 0.352 e. The lowest BCUT2D eigenvalue weighted by atomic mass is 9.82. The van der Waals surface area contributed by atoms with E-state index in [-0.39, 0.29) is 23.6 Å². The molecule has 4 rings (SSSR count). The van der Waals surface area contributed by atoms with Gasteiger partial charge in [-0.2, -0.15) is 0 Å². The highest BCUT2D eigenvalue weighted by molar-refractivity contribution is 5.99. The van der Waals surface area contributed by atoms with Crippen LogP contribution in [0.5, 0.6) is 0 Å². The summed E-state index contributed by atoms with van der Waals surface area (Å²) in [6.07, 6.45) is 3.72. The van der Waals surface area contributed by atoms with E-state index in [9.17, 15) is 19.8 Å². The molecule has 1 unspecified atom stereocenters. The first-order valence-electron chi connectivity index (χ1n) is 8.70. The van der Waals surface area contributed by atoms with Crippen molar-refractivity contribution in [3.63, 3.8) is 0 Å². The monoisotopic (exact) mass is 359 g/mol. The van der Waals surface area contributed by atoms with Crippen LogP contribution in [-0.4, -0.2) is 68.0 Å². The van der Waals surface area contributed by atoms with Gasteiger partial charge < -0.3 is 25.4 Å². The van der Waals surface area contributed by atoms with E-state index in [0.29, 0.717) is 25.9 Å². The largest absolute Gasteiger partial charge is 0.477 e. The van der Waals surface area contributed by atoms with Crippen LogP contribution < -0.4 is 5.32 Å². The Morgan fingerprint density at radius 2 is 2.31 bits per heavy atom. The molecule has 9 heteroatoms. The minimum absolute atomic E-state index is 0.0745. The number of fused-ring (bicyclic) bond motifs is 1. The molecule has 3 aliphatic rings. The Morgan fingerprint density at radius 1 is 1.50 bits per heavy atom. The first-order valence-corrected chi connectivity index (χ1v) is 8.70. The number of amidine groups is 1. The molecule has 1 fully saturated rings. The van der Waals surface area contributed by atoms with Gasteiger partial charge in [-0.15, -0.1) is 0 Å². The Labute approximate surface area is 149 Å². The van der Waals surface area contributed by atoms with Crippen molar-refractivity contribution in [2.75, 3.05) is 13.1 Å². The van der Waals surface area contributed by atoms with E-state index < -0.39 is 18.0 Å². The Morgan fingerprint density at radius 3 is 2.88 bits per heavy atom. The number of amides is 1. The molecule has 4 atom stereocenters. The average Bonchev–Trinajstić information content (AvgIpc) is 3.21. The Bertz CT molecular complexity index is 798. The fourth-order valence-electron chi connectivity index (χ4n) is 4.15. The molecular weight excluding hydrogens is 338 g/mol. The maximum atomic E-state index is 12.3. The van der Waals surface area contributed by atoms with Gasteiger partial charge in [0.2, 0.25) is 5.91 Å². The second-order valence-corrected chi connectivity index (χ2v) is 7.00. The van der Waals surface area contributed by atoms with E-state index in [1.165, 1.54) is 4.90 Å². The minimum Gasteiger partial charge on any atom is -0.477 e. The molecule has 3 aliphatic heterocycles. The van der Waals surface area contributed by atoms with E-state index in [2.05, 4.69) is 20.3 Å². The fraction of sp³-hybridized carbons (Fsp3) is 0.529. The number of nitrogens with zero attached hydrogens (tertiary/aromatic N) is 3. The molecule has 0 radical (unpaired) electrons. The van der Waals surface area contributed by atoms with Gasteiger partial charge >= 0.3 is 5.97 Å². The molecule has 1 aromatic heterocycles. The summed E-state index contributed by atoms with van der Waals surface area (Å²) in [5, 5.41) is 22.7. The van der Waals surface area contributed by atoms with E-state index in [4.69, 9.17) is 0 Å². The normalized spacial score (nSPS) is 29.0. The molecule has 0 aliphatic carbocycles. The first-order chi connectivity index (χ1) is 12.5. The SMILES string of the molecule is C[C@@H](O)[C@H]1C(=O)N2C(C(=O)O)=C(C3CN=C(Cc4ncc[nH]4)NC3)C[C@H]12. The zero-order chi connectivity index (χ0) is 18.4. The predicted molar refractivity (Wildman–Crippen MR) is 91.2 cm³/mol. The number of imidazole rings is 1. The number of rotatable bonds is 5. The standard InChI is InChI=1S/C17H21N5O4/c1-8(23)14-11-4-10(15(17(25)26)22(11)16(14)24)9-6-20-13(21-7-9)5-12-18-2-3-19-12/h2-3,8-9,11,14,23H,4-7H2,1H3,(H,18,19)(H,20,21)(H,25,26)/t8-,11-,14-/m1/s1. The van der Waals surface area contributed by atoms with Crippen molar-refractivity contribution in [1.82, 2.24) is 20.2 Å². The number of hydrogen-bond acceptors (Lipinski definition) is 6. The smallest absolute Gasteiger partial charge is 0.352 e. The van der Waals surface area contributed by atoms with Crippen molar-refractivity contribution >= 4 is 17.7 Å². The highest BCUT2D eigenvalue weighted by atomic mass is 16.4. The van der Waals surface area contributed by atoms with Crippen LogP contribution in [0.4, 0.5) is 0 Å². The van der Waals surface area contributed by atoms with E-state index >= 15 is 0 Å². The second-order valence-electron chi connectivity index (χ2n) is 7.00. The lowest BCUT2D eigenvalue weighted by Crippen LogP contribution is -2.61. The predicted octanol–water partition coefficient (Wildman–Crippen LogP) is -0.480. The number of hydrogen-bond donors (Lipinski definition) is 4. The molecule has 26 heavy (non-hydrogen) atoms. The summed E-state index contributed by atoms with van der Waals surface area (Å²) in [7, 11) is 0. The van der Waals surface area contributed by atoms with Crippen LogP contribution in [-0.2, 0) is 16.0 Å². The molecule has 0 saturated carbocycles. The molecular formula is C17H21N5O4. The number of nitrogens with one attached hydrogen (secondary N) is 2. The van der Waals surface area contributed by atoms with E-state index in [1.807, 2.05) is 0 Å². The van der Waals surface area contributed by atoms with Crippen molar-refractivity contribution < 1.29 is 19.8 Å². The number of aromatic amines is 1. The number of β-lactam (4-membered cyclic amide) rings is 1. The van der Waals surface area contributed by atoms with Crippen molar-refractivity contribution in [1.29, 1.82) is 0 Å². The highest BCUT2D eigenvalue weighted by Crippen LogP contribution is 2.45. The molecule has 4 heterocycles. The van der Waals surface area contributed by atoms with Gasteiger partial charge in [0.05, 0.1) is 24.5 Å². The quantitative estimate of drug-likeness (QED) is 0.525. The number of aliphatic carboxylic acids is 1. The average molecular weight is 359 g/mol. The third-order valence-electron chi connectivity index (χ3n) is 5.40. The number of aromatic nitrogens is 2. The molecule has 0 spiro atoms. The summed E-state index contributed by atoms with van der Waals surface area (Å²) < 4.78 is 0. The van der Waals surface area contributed by atoms with Gasteiger partial charge in [-0.3, -0.25) is 9.79 Å². The van der Waals surface area contributed by atoms with Crippen LogP contribution in [0.3, 0.4) is 0 Å². The van der Waals surface area contributed by atoms with Crippen molar-refractivity contribution in [3.05, 3.63) is 29.5 Å². The van der Waals surface area contributed by atoms with Crippen LogP contribution in [0, 0.1) is 11.8 Å². The Kier molecular flexibility index (Phi) is 4.03. The number of carbonyl (C=O) groups is 2. The number of aliphatic hydroxyl groups excluding tert-OH is 1. The highest BCUT2D eigenvalue weighted by Gasteiger charge is 2.57. The lowest BCUT2D eigenvalue weighted by Gasteiger charge is -2.44. The fourth-order valence-corrected chi connectivity index (χ4v) is 4.15. The number of carboxylic acids is 1. The Balaban J connectivity index is 1.52. The third kappa shape index (κ3) is 2.59. The van der Waals surface area contributed by atoms with Gasteiger partial charge in [0.15, 0.2) is 0 Å². The molecule has 0 aromatic carbocycles. The molecule has 1 aromatic rings. The number of carboxylic acid groups (broad SMARTS) is 1. The summed E-state index contributed by atoms with van der Waals surface area (Å²) in [4.78, 5) is 37.1. The molecule has 0 bridgehead atoms. The van der Waals surface area contributed by atoms with Gasteiger partial charge in [-0.25, -0.2) is 9.78 Å². The van der Waals surface area contributed by atoms with Crippen molar-refractivity contribution in [2.45, 2.75) is 31.9 Å². The van der Waals surface area contributed by atoms with Gasteiger partial charge in [-0.05, 0) is 18.9 Å². The van der Waals surface area contributed by atoms with Gasteiger partial charge in [0.25, 0.3) is 0 Å². The third-order valence-corrected chi connectivity index (χ3v) is 5.40. The maximum absolute atomic E-state index is 12.3. The zero-order valence-corrected chi connectivity index (χ0v) is 14.3. The minimum atomic E-state index is -1.09. The molecule has 138 valence electrons. The Hall–Kier alpha value is -2.68. The van der Waals surface area contributed by atoms with Gasteiger partial charge in [-0.1, -0.05) is 0 Å². The number of H-pyrrole nitrogens is 1. The summed E-state index contributed by atoms with van der Waals surface area (Å²) >= 11 is 0.